The number of ether oxygens (including phenoxy) is 1. The molecule has 0 spiro atoms. The Morgan fingerprint density at radius 1 is 1.09 bits per heavy atom. The summed E-state index contributed by atoms with van der Waals surface area (Å²) < 4.78 is 85.3. The third-order valence-corrected chi connectivity index (χ3v) is 4.40. The highest BCUT2D eigenvalue weighted by atomic mass is 35.5. The molecule has 1 aromatic carbocycles. The van der Waals surface area contributed by atoms with Crippen LogP contribution in [-0.2, 0) is 12.4 Å². The minimum Gasteiger partial charge on any atom is -0.480 e. The van der Waals surface area contributed by atoms with Crippen molar-refractivity contribution in [2.45, 2.75) is 12.4 Å². The van der Waals surface area contributed by atoms with Crippen LogP contribution in [0, 0.1) is 10.1 Å². The van der Waals surface area contributed by atoms with E-state index < -0.39 is 56.5 Å². The number of nitro benzene ring substituents is 1. The Labute approximate surface area is 185 Å². The molecule has 33 heavy (non-hydrogen) atoms. The molecule has 0 saturated heterocycles. The van der Waals surface area contributed by atoms with Crippen LogP contribution in [0.15, 0.2) is 36.5 Å². The summed E-state index contributed by atoms with van der Waals surface area (Å²) in [6, 6.07) is 5.00. The molecule has 15 heteroatoms. The van der Waals surface area contributed by atoms with Gasteiger partial charge in [-0.2, -0.15) is 31.3 Å². The number of pyridine rings is 1. The minimum absolute atomic E-state index is 0.0347. The Bertz CT molecular complexity index is 1200. The summed E-state index contributed by atoms with van der Waals surface area (Å²) in [5, 5.41) is 12.4. The highest BCUT2D eigenvalue weighted by Gasteiger charge is 2.41. The highest BCUT2D eigenvalue weighted by molar-refractivity contribution is 6.31. The molecular weight excluding hydrogens is 484 g/mol. The lowest BCUT2D eigenvalue weighted by atomic mass is 10.1. The molecule has 0 aliphatic heterocycles. The van der Waals surface area contributed by atoms with Crippen molar-refractivity contribution in [1.82, 2.24) is 15.0 Å². The largest absolute Gasteiger partial charge is 0.480 e. The fourth-order valence-corrected chi connectivity index (χ4v) is 2.97. The number of anilines is 2. The van der Waals surface area contributed by atoms with Gasteiger partial charge in [-0.05, 0) is 18.2 Å². The summed E-state index contributed by atoms with van der Waals surface area (Å²) in [5.74, 6) is -2.31. The van der Waals surface area contributed by atoms with E-state index in [9.17, 15) is 36.5 Å². The Morgan fingerprint density at radius 2 is 1.79 bits per heavy atom. The van der Waals surface area contributed by atoms with Crippen molar-refractivity contribution < 1.29 is 36.0 Å². The molecule has 3 aromatic rings. The zero-order valence-electron chi connectivity index (χ0n) is 16.1. The number of rotatable bonds is 5. The van der Waals surface area contributed by atoms with Crippen molar-refractivity contribution in [1.29, 1.82) is 0 Å². The van der Waals surface area contributed by atoms with E-state index in [4.69, 9.17) is 16.3 Å². The minimum atomic E-state index is -5.11. The van der Waals surface area contributed by atoms with Gasteiger partial charge in [-0.1, -0.05) is 17.7 Å². The van der Waals surface area contributed by atoms with Crippen molar-refractivity contribution in [3.05, 3.63) is 62.8 Å². The standard InChI is InChI=1S/C18H10ClF6N5O3/c1-33-16-13(18(23,24)25)15(28-14(29-16)10-4-2-3-5-26-10)27-11-7-9(19)8(17(20,21)22)6-12(11)30(31)32/h2-7H,1H3,(H,27,28,29). The average Bonchev–Trinajstić information content (AvgIpc) is 2.71. The number of alkyl halides is 6. The molecule has 0 amide bonds. The zero-order chi connectivity index (χ0) is 24.6. The van der Waals surface area contributed by atoms with E-state index in [0.29, 0.717) is 6.07 Å². The van der Waals surface area contributed by atoms with E-state index in [-0.39, 0.29) is 17.6 Å². The normalized spacial score (nSPS) is 11.9. The van der Waals surface area contributed by atoms with E-state index in [1.54, 1.807) is 0 Å². The number of halogens is 7. The first-order valence-corrected chi connectivity index (χ1v) is 8.97. The molecular formula is C18H10ClF6N5O3. The number of aromatic nitrogens is 3. The van der Waals surface area contributed by atoms with Crippen molar-refractivity contribution >= 4 is 28.8 Å². The third kappa shape index (κ3) is 5.05. The third-order valence-electron chi connectivity index (χ3n) is 4.09. The topological polar surface area (TPSA) is 103 Å². The van der Waals surface area contributed by atoms with E-state index in [1.165, 1.54) is 24.4 Å². The fraction of sp³-hybridized carbons (Fsp3) is 0.167. The number of nitrogens with one attached hydrogen (secondary N) is 1. The van der Waals surface area contributed by atoms with Crippen molar-refractivity contribution in [2.75, 3.05) is 12.4 Å². The van der Waals surface area contributed by atoms with Crippen LogP contribution in [0.4, 0.5) is 43.5 Å². The van der Waals surface area contributed by atoms with Crippen LogP contribution in [0.1, 0.15) is 11.1 Å². The van der Waals surface area contributed by atoms with Crippen LogP contribution in [0.3, 0.4) is 0 Å². The number of nitro groups is 1. The molecule has 0 aliphatic rings. The van der Waals surface area contributed by atoms with E-state index >= 15 is 0 Å². The first kappa shape index (κ1) is 24.0. The van der Waals surface area contributed by atoms with Gasteiger partial charge >= 0.3 is 12.4 Å². The lowest BCUT2D eigenvalue weighted by Gasteiger charge is -2.18. The molecule has 0 radical (unpaired) electrons. The lowest BCUT2D eigenvalue weighted by molar-refractivity contribution is -0.384. The molecule has 2 aromatic heterocycles. The second-order valence-corrected chi connectivity index (χ2v) is 6.63. The smallest absolute Gasteiger partial charge is 0.425 e. The van der Waals surface area contributed by atoms with Gasteiger partial charge in [0.1, 0.15) is 11.4 Å². The maximum Gasteiger partial charge on any atom is 0.425 e. The van der Waals surface area contributed by atoms with Gasteiger partial charge in [0.05, 0.1) is 22.6 Å². The van der Waals surface area contributed by atoms with Crippen LogP contribution in [0.25, 0.3) is 11.5 Å². The van der Waals surface area contributed by atoms with Crippen molar-refractivity contribution in [3.8, 4) is 17.4 Å². The summed E-state index contributed by atoms with van der Waals surface area (Å²) in [6.07, 6.45) is -8.83. The maximum absolute atomic E-state index is 13.8. The molecule has 8 nitrogen and oxygen atoms in total. The molecule has 0 atom stereocenters. The van der Waals surface area contributed by atoms with Gasteiger partial charge in [-0.15, -0.1) is 0 Å². The predicted molar refractivity (Wildman–Crippen MR) is 103 cm³/mol. The van der Waals surface area contributed by atoms with Gasteiger partial charge in [0.25, 0.3) is 5.69 Å². The van der Waals surface area contributed by atoms with Crippen LogP contribution in [0.5, 0.6) is 5.88 Å². The molecule has 1 N–H and O–H groups in total. The predicted octanol–water partition coefficient (Wildman–Crippen LogP) is 5.89. The van der Waals surface area contributed by atoms with E-state index in [2.05, 4.69) is 20.3 Å². The summed E-state index contributed by atoms with van der Waals surface area (Å²) in [4.78, 5) is 21.5. The highest BCUT2D eigenvalue weighted by Crippen LogP contribution is 2.44. The summed E-state index contributed by atoms with van der Waals surface area (Å²) >= 11 is 5.60. The van der Waals surface area contributed by atoms with Crippen LogP contribution < -0.4 is 10.1 Å². The van der Waals surface area contributed by atoms with Gasteiger partial charge in [-0.3, -0.25) is 15.1 Å². The molecule has 2 heterocycles. The number of hydrogen-bond donors (Lipinski definition) is 1. The van der Waals surface area contributed by atoms with Crippen LogP contribution in [0.2, 0.25) is 5.02 Å². The summed E-state index contributed by atoms with van der Waals surface area (Å²) in [6.45, 7) is 0. The molecule has 0 aliphatic carbocycles. The molecule has 3 rings (SSSR count). The lowest BCUT2D eigenvalue weighted by Crippen LogP contribution is -2.15. The molecule has 0 unspecified atom stereocenters. The maximum atomic E-state index is 13.8. The molecule has 0 saturated carbocycles. The second-order valence-electron chi connectivity index (χ2n) is 6.22. The monoisotopic (exact) mass is 493 g/mol. The van der Waals surface area contributed by atoms with Gasteiger partial charge < -0.3 is 10.1 Å². The van der Waals surface area contributed by atoms with Crippen LogP contribution >= 0.6 is 11.6 Å². The SMILES string of the molecule is COc1nc(-c2ccccn2)nc(Nc2cc(Cl)c(C(F)(F)F)cc2[N+](=O)[O-])c1C(F)(F)F. The average molecular weight is 494 g/mol. The number of benzene rings is 1. The molecule has 174 valence electrons. The summed E-state index contributed by atoms with van der Waals surface area (Å²) in [5.41, 5.74) is -5.00. The van der Waals surface area contributed by atoms with Crippen LogP contribution in [-0.4, -0.2) is 27.0 Å². The second kappa shape index (κ2) is 8.69. The van der Waals surface area contributed by atoms with Gasteiger partial charge in [0.2, 0.25) is 5.88 Å². The Morgan fingerprint density at radius 3 is 2.30 bits per heavy atom. The zero-order valence-corrected chi connectivity index (χ0v) is 16.9. The number of methoxy groups -OCH3 is 1. The van der Waals surface area contributed by atoms with Gasteiger partial charge in [-0.25, -0.2) is 4.98 Å². The Hall–Kier alpha value is -3.68. The first-order chi connectivity index (χ1) is 15.3. The van der Waals surface area contributed by atoms with E-state index in [1.807, 2.05) is 0 Å². The first-order valence-electron chi connectivity index (χ1n) is 8.59. The van der Waals surface area contributed by atoms with Crippen molar-refractivity contribution in [2.24, 2.45) is 0 Å². The Balaban J connectivity index is 2.26. The molecule has 0 bridgehead atoms. The quantitative estimate of drug-likeness (QED) is 0.268. The van der Waals surface area contributed by atoms with Crippen molar-refractivity contribution in [3.63, 3.8) is 0 Å². The fourth-order valence-electron chi connectivity index (χ4n) is 2.70. The number of hydrogen-bond acceptors (Lipinski definition) is 7. The number of nitrogens with zero attached hydrogens (tertiary/aromatic N) is 4. The molecule has 0 fully saturated rings. The summed E-state index contributed by atoms with van der Waals surface area (Å²) in [7, 11) is 0.904. The Kier molecular flexibility index (Phi) is 6.31. The van der Waals surface area contributed by atoms with E-state index in [0.717, 1.165) is 7.11 Å². The van der Waals surface area contributed by atoms with Gasteiger partial charge in [0.15, 0.2) is 17.2 Å². The van der Waals surface area contributed by atoms with Gasteiger partial charge in [0, 0.05) is 12.3 Å².